The molecule has 29 heavy (non-hydrogen) atoms. The SMILES string of the molecule is CC(=O)Nc1cccc(C(=O)NCc2csc(Nc3ccc(C(C)=O)cc3)n2)c1. The van der Waals surface area contributed by atoms with Crippen LogP contribution < -0.4 is 16.0 Å². The molecule has 0 saturated heterocycles. The number of hydrogen-bond donors (Lipinski definition) is 3. The molecule has 0 atom stereocenters. The highest BCUT2D eigenvalue weighted by Crippen LogP contribution is 2.21. The van der Waals surface area contributed by atoms with Crippen LogP contribution in [0, 0.1) is 0 Å². The van der Waals surface area contributed by atoms with Crippen LogP contribution in [0.3, 0.4) is 0 Å². The van der Waals surface area contributed by atoms with Crippen LogP contribution in [-0.4, -0.2) is 22.6 Å². The van der Waals surface area contributed by atoms with Gasteiger partial charge < -0.3 is 16.0 Å². The first kappa shape index (κ1) is 20.2. The van der Waals surface area contributed by atoms with Gasteiger partial charge in [-0.1, -0.05) is 6.07 Å². The smallest absolute Gasteiger partial charge is 0.251 e. The number of anilines is 3. The average molecular weight is 408 g/mol. The van der Waals surface area contributed by atoms with Crippen molar-refractivity contribution in [2.45, 2.75) is 20.4 Å². The average Bonchev–Trinajstić information content (AvgIpc) is 3.13. The molecule has 0 unspecified atom stereocenters. The summed E-state index contributed by atoms with van der Waals surface area (Å²) in [6, 6.07) is 13.9. The highest BCUT2D eigenvalue weighted by molar-refractivity contribution is 7.13. The van der Waals surface area contributed by atoms with Gasteiger partial charge in [0.05, 0.1) is 12.2 Å². The zero-order valence-electron chi connectivity index (χ0n) is 16.0. The maximum Gasteiger partial charge on any atom is 0.251 e. The molecule has 0 aliphatic carbocycles. The molecular formula is C21H20N4O3S. The first-order valence-electron chi connectivity index (χ1n) is 8.89. The third-order valence-corrected chi connectivity index (χ3v) is 4.78. The summed E-state index contributed by atoms with van der Waals surface area (Å²) in [5.74, 6) is -0.424. The summed E-state index contributed by atoms with van der Waals surface area (Å²) >= 11 is 1.42. The molecule has 3 N–H and O–H groups in total. The zero-order chi connectivity index (χ0) is 20.8. The quantitative estimate of drug-likeness (QED) is 0.514. The predicted octanol–water partition coefficient (Wildman–Crippen LogP) is 3.98. The number of aromatic nitrogens is 1. The number of rotatable bonds is 7. The molecule has 2 aromatic carbocycles. The van der Waals surface area contributed by atoms with E-state index < -0.39 is 0 Å². The second-order valence-electron chi connectivity index (χ2n) is 6.35. The summed E-state index contributed by atoms with van der Waals surface area (Å²) in [6.07, 6.45) is 0. The molecule has 0 aliphatic rings. The van der Waals surface area contributed by atoms with Crippen molar-refractivity contribution in [1.82, 2.24) is 10.3 Å². The van der Waals surface area contributed by atoms with Gasteiger partial charge in [0.15, 0.2) is 10.9 Å². The van der Waals surface area contributed by atoms with Crippen molar-refractivity contribution in [2.24, 2.45) is 0 Å². The van der Waals surface area contributed by atoms with Gasteiger partial charge in [-0.25, -0.2) is 4.98 Å². The minimum absolute atomic E-state index is 0.0198. The predicted molar refractivity (Wildman–Crippen MR) is 114 cm³/mol. The number of benzene rings is 2. The van der Waals surface area contributed by atoms with E-state index >= 15 is 0 Å². The largest absolute Gasteiger partial charge is 0.346 e. The Bertz CT molecular complexity index is 1040. The highest BCUT2D eigenvalue weighted by atomic mass is 32.1. The van der Waals surface area contributed by atoms with Crippen molar-refractivity contribution in [2.75, 3.05) is 10.6 Å². The Kier molecular flexibility index (Phi) is 6.36. The molecule has 3 aromatic rings. The Hall–Kier alpha value is -3.52. The second-order valence-corrected chi connectivity index (χ2v) is 7.21. The van der Waals surface area contributed by atoms with Gasteiger partial charge in [0, 0.05) is 34.8 Å². The third-order valence-electron chi connectivity index (χ3n) is 3.97. The molecule has 0 bridgehead atoms. The van der Waals surface area contributed by atoms with Crippen molar-refractivity contribution in [3.63, 3.8) is 0 Å². The monoisotopic (exact) mass is 408 g/mol. The number of carbonyl (C=O) groups excluding carboxylic acids is 3. The lowest BCUT2D eigenvalue weighted by atomic mass is 10.1. The van der Waals surface area contributed by atoms with Crippen LogP contribution in [-0.2, 0) is 11.3 Å². The van der Waals surface area contributed by atoms with E-state index in [0.29, 0.717) is 21.9 Å². The Morgan fingerprint density at radius 1 is 0.966 bits per heavy atom. The number of Topliss-reactive ketones (excluding diaryl/α,β-unsaturated/α-hetero) is 1. The van der Waals surface area contributed by atoms with Gasteiger partial charge in [-0.2, -0.15) is 0 Å². The van der Waals surface area contributed by atoms with Gasteiger partial charge in [-0.15, -0.1) is 11.3 Å². The fourth-order valence-electron chi connectivity index (χ4n) is 2.57. The van der Waals surface area contributed by atoms with Crippen LogP contribution in [0.1, 0.15) is 40.3 Å². The van der Waals surface area contributed by atoms with Gasteiger partial charge in [-0.3, -0.25) is 14.4 Å². The van der Waals surface area contributed by atoms with Crippen LogP contribution in [0.4, 0.5) is 16.5 Å². The van der Waals surface area contributed by atoms with Crippen LogP contribution in [0.25, 0.3) is 0 Å². The van der Waals surface area contributed by atoms with E-state index in [1.165, 1.54) is 25.2 Å². The van der Waals surface area contributed by atoms with Gasteiger partial charge in [0.1, 0.15) is 0 Å². The molecule has 8 heteroatoms. The van der Waals surface area contributed by atoms with Gasteiger partial charge >= 0.3 is 0 Å². The lowest BCUT2D eigenvalue weighted by Crippen LogP contribution is -2.23. The fourth-order valence-corrected chi connectivity index (χ4v) is 3.30. The first-order chi connectivity index (χ1) is 13.9. The van der Waals surface area contributed by atoms with Crippen molar-refractivity contribution in [3.8, 4) is 0 Å². The van der Waals surface area contributed by atoms with E-state index in [-0.39, 0.29) is 24.1 Å². The fraction of sp³-hybridized carbons (Fsp3) is 0.143. The second kappa shape index (κ2) is 9.11. The van der Waals surface area contributed by atoms with Crippen LogP contribution >= 0.6 is 11.3 Å². The molecular weight excluding hydrogens is 388 g/mol. The van der Waals surface area contributed by atoms with E-state index in [4.69, 9.17) is 0 Å². The third kappa shape index (κ3) is 5.73. The molecule has 1 heterocycles. The number of nitrogens with zero attached hydrogens (tertiary/aromatic N) is 1. The van der Waals surface area contributed by atoms with Crippen molar-refractivity contribution < 1.29 is 14.4 Å². The van der Waals surface area contributed by atoms with E-state index in [1.54, 1.807) is 36.4 Å². The molecule has 0 saturated carbocycles. The topological polar surface area (TPSA) is 100 Å². The van der Waals surface area contributed by atoms with Gasteiger partial charge in [-0.05, 0) is 49.4 Å². The number of hydrogen-bond acceptors (Lipinski definition) is 6. The molecule has 1 aromatic heterocycles. The van der Waals surface area contributed by atoms with Crippen LogP contribution in [0.2, 0.25) is 0 Å². The number of thiazole rings is 1. The van der Waals surface area contributed by atoms with E-state index in [1.807, 2.05) is 17.5 Å². The van der Waals surface area contributed by atoms with Gasteiger partial charge in [0.2, 0.25) is 5.91 Å². The maximum absolute atomic E-state index is 12.3. The molecule has 0 fully saturated rings. The number of nitrogens with one attached hydrogen (secondary N) is 3. The summed E-state index contributed by atoms with van der Waals surface area (Å²) in [7, 11) is 0. The van der Waals surface area contributed by atoms with Crippen molar-refractivity contribution >= 4 is 45.4 Å². The minimum Gasteiger partial charge on any atom is -0.346 e. The molecule has 0 spiro atoms. The summed E-state index contributed by atoms with van der Waals surface area (Å²) in [5, 5.41) is 11.2. The molecule has 148 valence electrons. The van der Waals surface area contributed by atoms with Crippen LogP contribution in [0.15, 0.2) is 53.9 Å². The molecule has 3 rings (SSSR count). The lowest BCUT2D eigenvalue weighted by molar-refractivity contribution is -0.114. The molecule has 7 nitrogen and oxygen atoms in total. The summed E-state index contributed by atoms with van der Waals surface area (Å²) in [4.78, 5) is 39.3. The maximum atomic E-state index is 12.3. The van der Waals surface area contributed by atoms with Crippen molar-refractivity contribution in [1.29, 1.82) is 0 Å². The summed E-state index contributed by atoms with van der Waals surface area (Å²) in [6.45, 7) is 3.23. The molecule has 0 aliphatic heterocycles. The first-order valence-corrected chi connectivity index (χ1v) is 9.77. The standard InChI is InChI=1S/C21H20N4O3S/c1-13(26)15-6-8-17(9-7-15)24-21-25-19(12-29-21)11-22-20(28)16-4-3-5-18(10-16)23-14(2)27/h3-10,12H,11H2,1-2H3,(H,22,28)(H,23,27)(H,24,25). The normalized spacial score (nSPS) is 10.3. The van der Waals surface area contributed by atoms with E-state index in [9.17, 15) is 14.4 Å². The summed E-state index contributed by atoms with van der Waals surface area (Å²) in [5.41, 5.74) is 3.23. The lowest BCUT2D eigenvalue weighted by Gasteiger charge is -2.06. The van der Waals surface area contributed by atoms with E-state index in [0.717, 1.165) is 11.4 Å². The van der Waals surface area contributed by atoms with Crippen molar-refractivity contribution in [3.05, 3.63) is 70.7 Å². The highest BCUT2D eigenvalue weighted by Gasteiger charge is 2.09. The molecule has 0 radical (unpaired) electrons. The zero-order valence-corrected chi connectivity index (χ0v) is 16.8. The Balaban J connectivity index is 1.57. The van der Waals surface area contributed by atoms with Gasteiger partial charge in [0.25, 0.3) is 5.91 Å². The Morgan fingerprint density at radius 3 is 2.41 bits per heavy atom. The van der Waals surface area contributed by atoms with E-state index in [2.05, 4.69) is 20.9 Å². The minimum atomic E-state index is -0.250. The Morgan fingerprint density at radius 2 is 1.72 bits per heavy atom. The molecule has 2 amide bonds. The number of carbonyl (C=O) groups is 3. The summed E-state index contributed by atoms with van der Waals surface area (Å²) < 4.78 is 0. The number of amides is 2. The van der Waals surface area contributed by atoms with Crippen LogP contribution in [0.5, 0.6) is 0 Å². The number of ketones is 1. The Labute approximate surface area is 172 Å².